The fourth-order valence-corrected chi connectivity index (χ4v) is 1.87. The lowest BCUT2D eigenvalue weighted by Gasteiger charge is -2.04. The number of phenolic OH excluding ortho intramolecular Hbond substituents is 1. The third-order valence-corrected chi connectivity index (χ3v) is 2.91. The van der Waals surface area contributed by atoms with Crippen LogP contribution in [0.15, 0.2) is 30.3 Å². The zero-order valence-electron chi connectivity index (χ0n) is 11.6. The van der Waals surface area contributed by atoms with Gasteiger partial charge in [0.1, 0.15) is 0 Å². The molecular weight excluding hydrogens is 256 g/mol. The fourth-order valence-electron chi connectivity index (χ4n) is 1.87. The second kappa shape index (κ2) is 5.61. The molecule has 0 aliphatic rings. The van der Waals surface area contributed by atoms with Gasteiger partial charge in [-0.15, -0.1) is 0 Å². The number of hydrogen-bond donors (Lipinski definition) is 1. The average molecular weight is 272 g/mol. The van der Waals surface area contributed by atoms with E-state index in [1.165, 1.54) is 25.3 Å². The van der Waals surface area contributed by atoms with Gasteiger partial charge in [-0.2, -0.15) is 5.10 Å². The number of hydrogen-bond acceptors (Lipinski definition) is 4. The number of ketones is 1. The van der Waals surface area contributed by atoms with E-state index in [-0.39, 0.29) is 17.3 Å². The monoisotopic (exact) mass is 272 g/mol. The number of carbonyl (C=O) groups excluding carboxylic acids is 1. The smallest absolute Gasteiger partial charge is 0.186 e. The van der Waals surface area contributed by atoms with Gasteiger partial charge in [-0.1, -0.05) is 0 Å². The number of ether oxygens (including phenoxy) is 1. The molecule has 0 aliphatic carbocycles. The average Bonchev–Trinajstić information content (AvgIpc) is 2.74. The van der Waals surface area contributed by atoms with Gasteiger partial charge in [-0.05, 0) is 43.3 Å². The molecule has 5 heteroatoms. The number of carbonyl (C=O) groups is 1. The molecule has 1 heterocycles. The number of aromatic nitrogens is 2. The van der Waals surface area contributed by atoms with Gasteiger partial charge in [0.05, 0.1) is 18.5 Å². The van der Waals surface area contributed by atoms with Crippen LogP contribution in [-0.4, -0.2) is 27.8 Å². The largest absolute Gasteiger partial charge is 0.504 e. The Labute approximate surface area is 117 Å². The van der Waals surface area contributed by atoms with E-state index in [4.69, 9.17) is 4.74 Å². The Balaban J connectivity index is 2.22. The van der Waals surface area contributed by atoms with Crippen LogP contribution in [0.5, 0.6) is 11.5 Å². The molecule has 0 amide bonds. The van der Waals surface area contributed by atoms with E-state index < -0.39 is 0 Å². The van der Waals surface area contributed by atoms with Crippen molar-refractivity contribution in [3.63, 3.8) is 0 Å². The van der Waals surface area contributed by atoms with Crippen LogP contribution >= 0.6 is 0 Å². The maximum Gasteiger partial charge on any atom is 0.186 e. The maximum absolute atomic E-state index is 12.1. The zero-order chi connectivity index (χ0) is 14.7. The van der Waals surface area contributed by atoms with Crippen LogP contribution in [0.3, 0.4) is 0 Å². The lowest BCUT2D eigenvalue weighted by molar-refractivity contribution is 0.104. The lowest BCUT2D eigenvalue weighted by Crippen LogP contribution is -1.97. The van der Waals surface area contributed by atoms with Crippen LogP contribution in [-0.2, 0) is 7.05 Å². The molecule has 0 unspecified atom stereocenters. The van der Waals surface area contributed by atoms with Gasteiger partial charge in [0.25, 0.3) is 0 Å². The minimum Gasteiger partial charge on any atom is -0.504 e. The SMILES string of the molecule is COc1cc(C(=O)/C=C/c2cc(C)nn2C)ccc1O. The van der Waals surface area contributed by atoms with E-state index in [2.05, 4.69) is 5.10 Å². The van der Waals surface area contributed by atoms with E-state index in [0.717, 1.165) is 11.4 Å². The first-order valence-corrected chi connectivity index (χ1v) is 6.11. The van der Waals surface area contributed by atoms with Crippen LogP contribution in [0.1, 0.15) is 21.7 Å². The molecular formula is C15H16N2O3. The molecule has 0 fully saturated rings. The van der Waals surface area contributed by atoms with Gasteiger partial charge in [-0.3, -0.25) is 9.48 Å². The summed E-state index contributed by atoms with van der Waals surface area (Å²) < 4.78 is 6.69. The number of benzene rings is 1. The number of allylic oxidation sites excluding steroid dienone is 1. The number of methoxy groups -OCH3 is 1. The van der Waals surface area contributed by atoms with Crippen molar-refractivity contribution >= 4 is 11.9 Å². The second-order valence-electron chi connectivity index (χ2n) is 4.42. The second-order valence-corrected chi connectivity index (χ2v) is 4.42. The Morgan fingerprint density at radius 2 is 2.15 bits per heavy atom. The summed E-state index contributed by atoms with van der Waals surface area (Å²) in [6.07, 6.45) is 3.18. The molecule has 0 atom stereocenters. The van der Waals surface area contributed by atoms with Crippen LogP contribution in [0.4, 0.5) is 0 Å². The highest BCUT2D eigenvalue weighted by Gasteiger charge is 2.07. The summed E-state index contributed by atoms with van der Waals surface area (Å²) in [5.74, 6) is 0.123. The normalized spacial score (nSPS) is 10.9. The van der Waals surface area contributed by atoms with Gasteiger partial charge in [-0.25, -0.2) is 0 Å². The summed E-state index contributed by atoms with van der Waals surface area (Å²) in [6, 6.07) is 6.39. The summed E-state index contributed by atoms with van der Waals surface area (Å²) >= 11 is 0. The van der Waals surface area contributed by atoms with Crippen LogP contribution in [0.25, 0.3) is 6.08 Å². The summed E-state index contributed by atoms with van der Waals surface area (Å²) in [6.45, 7) is 1.89. The predicted octanol–water partition coefficient (Wildman–Crippen LogP) is 2.34. The van der Waals surface area contributed by atoms with E-state index in [0.29, 0.717) is 5.56 Å². The van der Waals surface area contributed by atoms with Gasteiger partial charge in [0, 0.05) is 12.6 Å². The third kappa shape index (κ3) is 2.88. The first kappa shape index (κ1) is 13.9. The van der Waals surface area contributed by atoms with Gasteiger partial charge < -0.3 is 9.84 Å². The molecule has 1 aromatic carbocycles. The molecule has 20 heavy (non-hydrogen) atoms. The first-order chi connectivity index (χ1) is 9.51. The van der Waals surface area contributed by atoms with Crippen molar-refractivity contribution in [1.82, 2.24) is 9.78 Å². The van der Waals surface area contributed by atoms with Crippen molar-refractivity contribution in [1.29, 1.82) is 0 Å². The quantitative estimate of drug-likeness (QED) is 0.685. The Morgan fingerprint density at radius 3 is 2.75 bits per heavy atom. The van der Waals surface area contributed by atoms with Crippen molar-refractivity contribution in [2.24, 2.45) is 7.05 Å². The van der Waals surface area contributed by atoms with Crippen LogP contribution in [0.2, 0.25) is 0 Å². The van der Waals surface area contributed by atoms with Crippen molar-refractivity contribution in [2.45, 2.75) is 6.92 Å². The van der Waals surface area contributed by atoms with Crippen molar-refractivity contribution < 1.29 is 14.6 Å². The molecule has 0 radical (unpaired) electrons. The zero-order valence-corrected chi connectivity index (χ0v) is 11.6. The maximum atomic E-state index is 12.1. The first-order valence-electron chi connectivity index (χ1n) is 6.11. The van der Waals surface area contributed by atoms with Crippen molar-refractivity contribution in [3.8, 4) is 11.5 Å². The molecule has 0 saturated carbocycles. The van der Waals surface area contributed by atoms with Gasteiger partial charge in [0.2, 0.25) is 0 Å². The highest BCUT2D eigenvalue weighted by Crippen LogP contribution is 2.26. The summed E-state index contributed by atoms with van der Waals surface area (Å²) in [5.41, 5.74) is 2.20. The number of aryl methyl sites for hydroxylation is 2. The van der Waals surface area contributed by atoms with Crippen LogP contribution < -0.4 is 4.74 Å². The predicted molar refractivity (Wildman–Crippen MR) is 76.0 cm³/mol. The van der Waals surface area contributed by atoms with E-state index in [1.807, 2.05) is 20.0 Å². The number of rotatable bonds is 4. The van der Waals surface area contributed by atoms with Gasteiger partial charge in [0.15, 0.2) is 17.3 Å². The van der Waals surface area contributed by atoms with Crippen molar-refractivity contribution in [2.75, 3.05) is 7.11 Å². The minimum atomic E-state index is -0.165. The fraction of sp³-hybridized carbons (Fsp3) is 0.200. The number of nitrogens with zero attached hydrogens (tertiary/aromatic N) is 2. The minimum absolute atomic E-state index is 0.00953. The summed E-state index contributed by atoms with van der Waals surface area (Å²) in [7, 11) is 3.26. The third-order valence-electron chi connectivity index (χ3n) is 2.91. The molecule has 2 aromatic rings. The van der Waals surface area contributed by atoms with Gasteiger partial charge >= 0.3 is 0 Å². The number of aromatic hydroxyl groups is 1. The molecule has 0 aliphatic heterocycles. The van der Waals surface area contributed by atoms with E-state index >= 15 is 0 Å². The van der Waals surface area contributed by atoms with Crippen molar-refractivity contribution in [3.05, 3.63) is 47.3 Å². The Morgan fingerprint density at radius 1 is 1.40 bits per heavy atom. The molecule has 5 nitrogen and oxygen atoms in total. The molecule has 1 N–H and O–H groups in total. The summed E-state index contributed by atoms with van der Waals surface area (Å²) in [5, 5.41) is 13.7. The number of phenols is 1. The molecule has 0 bridgehead atoms. The molecule has 2 rings (SSSR count). The highest BCUT2D eigenvalue weighted by molar-refractivity contribution is 6.07. The Bertz CT molecular complexity index is 672. The Hall–Kier alpha value is -2.56. The molecule has 1 aromatic heterocycles. The van der Waals surface area contributed by atoms with Crippen LogP contribution in [0, 0.1) is 6.92 Å². The molecule has 104 valence electrons. The highest BCUT2D eigenvalue weighted by atomic mass is 16.5. The molecule has 0 saturated heterocycles. The summed E-state index contributed by atoms with van der Waals surface area (Å²) in [4.78, 5) is 12.1. The lowest BCUT2D eigenvalue weighted by atomic mass is 10.1. The van der Waals surface area contributed by atoms with E-state index in [1.54, 1.807) is 16.8 Å². The Kier molecular flexibility index (Phi) is 3.89. The topological polar surface area (TPSA) is 64.3 Å². The standard InChI is InChI=1S/C15H16N2O3/c1-10-8-12(17(2)16-10)5-7-13(18)11-4-6-14(19)15(9-11)20-3/h4-9,19H,1-3H3/b7-5+. The van der Waals surface area contributed by atoms with E-state index in [9.17, 15) is 9.90 Å². The molecule has 0 spiro atoms.